The van der Waals surface area contributed by atoms with Crippen LogP contribution in [0.2, 0.25) is 10.0 Å². The van der Waals surface area contributed by atoms with Crippen LogP contribution in [0.1, 0.15) is 54.8 Å². The fraction of sp³-hybridized carbons (Fsp3) is 0.333. The summed E-state index contributed by atoms with van der Waals surface area (Å²) in [6, 6.07) is 9.31. The van der Waals surface area contributed by atoms with E-state index >= 15 is 8.78 Å². The standard InChI is InChI=1S/C27H28Cl2F2N4O3/c1-26(2,3)12-19-27(33,15-8-7-13(28)11-17(15)30)21(14-5-4-6-16(29)22(14)31)23(34-19)25(37)35-20-10-9-18(38-20)24(32)36/h4-11,19,21,23,34H,12,33H2,1-3H3,(H2,32,36)(H,35,37). The number of rotatable bonds is 6. The van der Waals surface area contributed by atoms with E-state index in [1.807, 2.05) is 20.8 Å². The van der Waals surface area contributed by atoms with Gasteiger partial charge in [0.2, 0.25) is 5.91 Å². The second kappa shape index (κ2) is 10.3. The van der Waals surface area contributed by atoms with E-state index < -0.39 is 47.0 Å². The van der Waals surface area contributed by atoms with Gasteiger partial charge in [-0.1, -0.05) is 62.2 Å². The molecule has 0 radical (unpaired) electrons. The van der Waals surface area contributed by atoms with E-state index in [-0.39, 0.29) is 38.2 Å². The lowest BCUT2D eigenvalue weighted by Crippen LogP contribution is -2.52. The predicted molar refractivity (Wildman–Crippen MR) is 142 cm³/mol. The van der Waals surface area contributed by atoms with E-state index in [1.165, 1.54) is 42.5 Å². The van der Waals surface area contributed by atoms with Crippen LogP contribution >= 0.6 is 23.2 Å². The molecule has 1 saturated heterocycles. The predicted octanol–water partition coefficient (Wildman–Crippen LogP) is 5.32. The maximum absolute atomic E-state index is 15.6. The van der Waals surface area contributed by atoms with Gasteiger partial charge in [-0.3, -0.25) is 14.9 Å². The molecule has 2 heterocycles. The van der Waals surface area contributed by atoms with Gasteiger partial charge in [-0.25, -0.2) is 8.78 Å². The fourth-order valence-corrected chi connectivity index (χ4v) is 5.48. The Morgan fingerprint density at radius 1 is 1.13 bits per heavy atom. The summed E-state index contributed by atoms with van der Waals surface area (Å²) in [6.07, 6.45) is 0.403. The monoisotopic (exact) mass is 564 g/mol. The number of carbonyl (C=O) groups is 2. The minimum atomic E-state index is -1.61. The van der Waals surface area contributed by atoms with Gasteiger partial charge in [-0.05, 0) is 41.7 Å². The molecule has 7 nitrogen and oxygen atoms in total. The number of hydrogen-bond donors (Lipinski definition) is 4. The Hall–Kier alpha value is -2.98. The maximum atomic E-state index is 15.6. The van der Waals surface area contributed by atoms with E-state index in [0.29, 0.717) is 6.42 Å². The lowest BCUT2D eigenvalue weighted by molar-refractivity contribution is -0.118. The Morgan fingerprint density at radius 3 is 2.45 bits per heavy atom. The van der Waals surface area contributed by atoms with E-state index in [1.54, 1.807) is 0 Å². The molecule has 0 aliphatic carbocycles. The summed E-state index contributed by atoms with van der Waals surface area (Å²) in [5.41, 5.74) is 10.5. The Morgan fingerprint density at radius 2 is 1.84 bits per heavy atom. The van der Waals surface area contributed by atoms with Gasteiger partial charge in [0.15, 0.2) is 11.6 Å². The zero-order valence-electron chi connectivity index (χ0n) is 20.9. The van der Waals surface area contributed by atoms with Gasteiger partial charge >= 0.3 is 0 Å². The number of amides is 2. The summed E-state index contributed by atoms with van der Waals surface area (Å²) >= 11 is 12.2. The number of anilines is 1. The van der Waals surface area contributed by atoms with Crippen molar-refractivity contribution >= 4 is 40.9 Å². The van der Waals surface area contributed by atoms with Crippen molar-refractivity contribution in [1.82, 2.24) is 5.32 Å². The number of nitrogens with two attached hydrogens (primary N) is 2. The third-order valence-corrected chi connectivity index (χ3v) is 7.24. The first-order chi connectivity index (χ1) is 17.7. The number of carbonyl (C=O) groups excluding carboxylic acids is 2. The van der Waals surface area contributed by atoms with Crippen molar-refractivity contribution in [3.8, 4) is 0 Å². The Balaban J connectivity index is 1.89. The van der Waals surface area contributed by atoms with Gasteiger partial charge in [-0.2, -0.15) is 0 Å². The lowest BCUT2D eigenvalue weighted by Gasteiger charge is -2.40. The van der Waals surface area contributed by atoms with Crippen LogP contribution in [0.4, 0.5) is 14.7 Å². The molecule has 38 heavy (non-hydrogen) atoms. The highest BCUT2D eigenvalue weighted by Crippen LogP contribution is 2.50. The molecular weight excluding hydrogens is 537 g/mol. The molecule has 202 valence electrons. The molecular formula is C27H28Cl2F2N4O3. The molecule has 4 unspecified atom stereocenters. The SMILES string of the molecule is CC(C)(C)CC1NC(C(=O)Nc2ccc(C(N)=O)o2)C(c2cccc(Cl)c2F)C1(N)c1ccc(Cl)cc1F. The molecule has 6 N–H and O–H groups in total. The van der Waals surface area contributed by atoms with Crippen molar-refractivity contribution < 1.29 is 22.8 Å². The van der Waals surface area contributed by atoms with E-state index in [4.69, 9.17) is 39.1 Å². The quantitative estimate of drug-likeness (QED) is 0.322. The molecule has 11 heteroatoms. The average molecular weight is 565 g/mol. The van der Waals surface area contributed by atoms with Crippen LogP contribution in [0.3, 0.4) is 0 Å². The second-order valence-electron chi connectivity index (χ2n) is 10.7. The number of benzene rings is 2. The highest BCUT2D eigenvalue weighted by Gasteiger charge is 2.58. The molecule has 4 rings (SSSR count). The van der Waals surface area contributed by atoms with Gasteiger partial charge in [-0.15, -0.1) is 0 Å². The minimum absolute atomic E-state index is 0.0377. The van der Waals surface area contributed by atoms with Crippen molar-refractivity contribution in [2.24, 2.45) is 16.9 Å². The van der Waals surface area contributed by atoms with Crippen molar-refractivity contribution in [3.63, 3.8) is 0 Å². The largest absolute Gasteiger partial charge is 0.435 e. The first kappa shape index (κ1) is 28.0. The smallest absolute Gasteiger partial charge is 0.284 e. The van der Waals surface area contributed by atoms with Gasteiger partial charge in [0, 0.05) is 28.6 Å². The summed E-state index contributed by atoms with van der Waals surface area (Å²) in [5.74, 6) is -4.22. The molecule has 1 aliphatic rings. The molecule has 0 saturated carbocycles. The fourth-order valence-electron chi connectivity index (χ4n) is 5.14. The normalized spacial score (nSPS) is 23.4. The summed E-state index contributed by atoms with van der Waals surface area (Å²) in [7, 11) is 0. The summed E-state index contributed by atoms with van der Waals surface area (Å²) < 4.78 is 36.4. The number of primary amides is 1. The highest BCUT2D eigenvalue weighted by atomic mass is 35.5. The Kier molecular flexibility index (Phi) is 7.60. The zero-order valence-corrected chi connectivity index (χ0v) is 22.5. The average Bonchev–Trinajstić information content (AvgIpc) is 3.38. The van der Waals surface area contributed by atoms with Crippen LogP contribution in [-0.2, 0) is 10.3 Å². The molecule has 2 amide bonds. The number of furan rings is 1. The molecule has 4 atom stereocenters. The highest BCUT2D eigenvalue weighted by molar-refractivity contribution is 6.31. The Labute approximate surface area is 228 Å². The van der Waals surface area contributed by atoms with Gasteiger partial charge in [0.25, 0.3) is 5.91 Å². The van der Waals surface area contributed by atoms with E-state index in [9.17, 15) is 9.59 Å². The van der Waals surface area contributed by atoms with Crippen LogP contribution in [0.15, 0.2) is 52.9 Å². The topological polar surface area (TPSA) is 123 Å². The minimum Gasteiger partial charge on any atom is -0.435 e. The lowest BCUT2D eigenvalue weighted by atomic mass is 9.68. The number of hydrogen-bond acceptors (Lipinski definition) is 5. The summed E-state index contributed by atoms with van der Waals surface area (Å²) in [5, 5.41) is 5.82. The first-order valence-electron chi connectivity index (χ1n) is 11.9. The number of halogens is 4. The van der Waals surface area contributed by atoms with Gasteiger partial charge in [0.05, 0.1) is 16.6 Å². The molecule has 1 aliphatic heterocycles. The molecule has 0 spiro atoms. The van der Waals surface area contributed by atoms with E-state index in [0.717, 1.165) is 6.07 Å². The maximum Gasteiger partial charge on any atom is 0.284 e. The van der Waals surface area contributed by atoms with Crippen LogP contribution in [-0.4, -0.2) is 23.9 Å². The Bertz CT molecular complexity index is 1390. The molecule has 1 aromatic heterocycles. The third-order valence-electron chi connectivity index (χ3n) is 6.71. The van der Waals surface area contributed by atoms with Crippen molar-refractivity contribution in [3.05, 3.63) is 87.1 Å². The molecule has 3 aromatic rings. The summed E-state index contributed by atoms with van der Waals surface area (Å²) in [6.45, 7) is 5.93. The van der Waals surface area contributed by atoms with Crippen molar-refractivity contribution in [2.75, 3.05) is 5.32 Å². The molecule has 0 bridgehead atoms. The van der Waals surface area contributed by atoms with Crippen LogP contribution in [0.25, 0.3) is 0 Å². The third kappa shape index (κ3) is 5.29. The van der Waals surface area contributed by atoms with Crippen LogP contribution < -0.4 is 22.1 Å². The van der Waals surface area contributed by atoms with Gasteiger partial charge in [0.1, 0.15) is 11.6 Å². The molecule has 1 fully saturated rings. The van der Waals surface area contributed by atoms with E-state index in [2.05, 4.69) is 10.6 Å². The second-order valence-corrected chi connectivity index (χ2v) is 11.5. The van der Waals surface area contributed by atoms with Gasteiger partial charge < -0.3 is 21.2 Å². The number of nitrogens with one attached hydrogen (secondary N) is 2. The van der Waals surface area contributed by atoms with Crippen molar-refractivity contribution in [1.29, 1.82) is 0 Å². The summed E-state index contributed by atoms with van der Waals surface area (Å²) in [4.78, 5) is 25.1. The zero-order chi connectivity index (χ0) is 28.0. The van der Waals surface area contributed by atoms with Crippen LogP contribution in [0, 0.1) is 17.0 Å². The molecule has 2 aromatic carbocycles. The van der Waals surface area contributed by atoms with Crippen LogP contribution in [0.5, 0.6) is 0 Å². The van der Waals surface area contributed by atoms with Crippen molar-refractivity contribution in [2.45, 2.75) is 50.7 Å². The first-order valence-corrected chi connectivity index (χ1v) is 12.6.